The third kappa shape index (κ3) is 8.05. The second-order valence-corrected chi connectivity index (χ2v) is 14.5. The lowest BCUT2D eigenvalue weighted by Crippen LogP contribution is -2.59. The number of hydrogen-bond donors (Lipinski definition) is 2. The van der Waals surface area contributed by atoms with Gasteiger partial charge in [0.05, 0.1) is 16.4 Å². The highest BCUT2D eigenvalue weighted by atomic mass is 35.5. The Hall–Kier alpha value is -3.86. The van der Waals surface area contributed by atoms with Gasteiger partial charge in [-0.25, -0.2) is 0 Å². The Bertz CT molecular complexity index is 1720. The Morgan fingerprint density at radius 1 is 0.979 bits per heavy atom. The second-order valence-electron chi connectivity index (χ2n) is 14.1. The maximum atomic E-state index is 14.1. The standard InChI is InChI=1S/C36H41ClF3N3O5/c1-34(2,3)42-33(47)35(23-7-5-4-6-8-23)15-17-43(18-16-35)32(46)27(19-22-9-12-25(37)13-10-22)41-31(45)30-21-28(44)26-20-24(36(38,39)40)11-14-29(26)48-30/h9-14,20-21,23,27H,4-8,15-19H2,1-3H3,(H,41,45)(H,42,47)/t27-/m1/s1. The number of carbonyl (C=O) groups excluding carboxylic acids is 3. The summed E-state index contributed by atoms with van der Waals surface area (Å²) < 4.78 is 45.2. The molecule has 1 saturated carbocycles. The molecule has 1 atom stereocenters. The van der Waals surface area contributed by atoms with E-state index in [0.29, 0.717) is 37.0 Å². The molecular formula is C36H41ClF3N3O5. The van der Waals surface area contributed by atoms with E-state index >= 15 is 0 Å². The first kappa shape index (κ1) is 35.4. The molecule has 0 unspecified atom stereocenters. The minimum atomic E-state index is -4.66. The van der Waals surface area contributed by atoms with Gasteiger partial charge in [0, 0.05) is 36.1 Å². The zero-order valence-corrected chi connectivity index (χ0v) is 28.1. The van der Waals surface area contributed by atoms with Gasteiger partial charge in [-0.15, -0.1) is 0 Å². The van der Waals surface area contributed by atoms with Gasteiger partial charge in [0.2, 0.25) is 11.8 Å². The summed E-state index contributed by atoms with van der Waals surface area (Å²) in [4.78, 5) is 55.9. The molecule has 5 rings (SSSR count). The number of nitrogens with zero attached hydrogens (tertiary/aromatic N) is 1. The Balaban J connectivity index is 1.39. The quantitative estimate of drug-likeness (QED) is 0.281. The van der Waals surface area contributed by atoms with Crippen LogP contribution in [0.5, 0.6) is 0 Å². The Kier molecular flexibility index (Phi) is 10.3. The van der Waals surface area contributed by atoms with Crippen molar-refractivity contribution in [1.29, 1.82) is 0 Å². The number of likely N-dealkylation sites (tertiary alicyclic amines) is 1. The zero-order valence-electron chi connectivity index (χ0n) is 27.3. The first-order valence-electron chi connectivity index (χ1n) is 16.4. The number of benzene rings is 2. The lowest BCUT2D eigenvalue weighted by atomic mass is 9.63. The number of carbonyl (C=O) groups is 3. The van der Waals surface area contributed by atoms with Crippen LogP contribution in [0.2, 0.25) is 5.02 Å². The number of fused-ring (bicyclic) bond motifs is 1. The van der Waals surface area contributed by atoms with Crippen molar-refractivity contribution in [1.82, 2.24) is 15.5 Å². The smallest absolute Gasteiger partial charge is 0.416 e. The van der Waals surface area contributed by atoms with E-state index in [0.717, 1.165) is 55.9 Å². The molecule has 2 aromatic carbocycles. The van der Waals surface area contributed by atoms with E-state index in [4.69, 9.17) is 16.0 Å². The van der Waals surface area contributed by atoms with Crippen molar-refractivity contribution in [3.05, 3.63) is 80.7 Å². The molecule has 1 aliphatic carbocycles. The van der Waals surface area contributed by atoms with Crippen LogP contribution in [0.4, 0.5) is 13.2 Å². The van der Waals surface area contributed by atoms with E-state index in [-0.39, 0.29) is 35.1 Å². The summed E-state index contributed by atoms with van der Waals surface area (Å²) >= 11 is 6.07. The van der Waals surface area contributed by atoms with E-state index in [9.17, 15) is 32.3 Å². The maximum absolute atomic E-state index is 14.1. The first-order valence-corrected chi connectivity index (χ1v) is 16.8. The van der Waals surface area contributed by atoms with Gasteiger partial charge in [0.15, 0.2) is 11.2 Å². The summed E-state index contributed by atoms with van der Waals surface area (Å²) in [6.45, 7) is 6.53. The summed E-state index contributed by atoms with van der Waals surface area (Å²) in [5.41, 5.74) is -2.31. The average Bonchev–Trinajstić information content (AvgIpc) is 3.04. The third-order valence-corrected chi connectivity index (χ3v) is 9.78. The molecule has 0 radical (unpaired) electrons. The van der Waals surface area contributed by atoms with Gasteiger partial charge in [0.1, 0.15) is 11.6 Å². The highest BCUT2D eigenvalue weighted by molar-refractivity contribution is 6.30. The van der Waals surface area contributed by atoms with Crippen LogP contribution in [0.1, 0.15) is 87.4 Å². The maximum Gasteiger partial charge on any atom is 0.416 e. The zero-order chi connectivity index (χ0) is 34.9. The second kappa shape index (κ2) is 13.9. The molecule has 12 heteroatoms. The summed E-state index contributed by atoms with van der Waals surface area (Å²) in [5, 5.41) is 6.09. The van der Waals surface area contributed by atoms with Gasteiger partial charge in [-0.05, 0) is 88.3 Å². The van der Waals surface area contributed by atoms with Gasteiger partial charge in [-0.2, -0.15) is 13.2 Å². The molecule has 3 aromatic rings. The molecule has 2 aliphatic rings. The normalized spacial score (nSPS) is 17.9. The minimum absolute atomic E-state index is 0.0219. The molecule has 2 fully saturated rings. The topological polar surface area (TPSA) is 109 Å². The Morgan fingerprint density at radius 3 is 2.23 bits per heavy atom. The molecule has 1 aliphatic heterocycles. The van der Waals surface area contributed by atoms with Crippen LogP contribution in [0.3, 0.4) is 0 Å². The van der Waals surface area contributed by atoms with Crippen molar-refractivity contribution in [2.75, 3.05) is 13.1 Å². The minimum Gasteiger partial charge on any atom is -0.451 e. The number of halogens is 4. The van der Waals surface area contributed by atoms with Gasteiger partial charge < -0.3 is 20.0 Å². The lowest BCUT2D eigenvalue weighted by molar-refractivity contribution is -0.147. The van der Waals surface area contributed by atoms with Gasteiger partial charge in [-0.1, -0.05) is 43.0 Å². The van der Waals surface area contributed by atoms with Crippen LogP contribution in [0.25, 0.3) is 11.0 Å². The average molecular weight is 688 g/mol. The van der Waals surface area contributed by atoms with Crippen molar-refractivity contribution >= 4 is 40.3 Å². The van der Waals surface area contributed by atoms with Gasteiger partial charge in [-0.3, -0.25) is 19.2 Å². The molecule has 2 heterocycles. The van der Waals surface area contributed by atoms with E-state index in [1.54, 1.807) is 29.2 Å². The van der Waals surface area contributed by atoms with Crippen LogP contribution >= 0.6 is 11.6 Å². The largest absolute Gasteiger partial charge is 0.451 e. The van der Waals surface area contributed by atoms with Crippen molar-refractivity contribution in [3.63, 3.8) is 0 Å². The number of nitrogens with one attached hydrogen (secondary N) is 2. The van der Waals surface area contributed by atoms with E-state index in [1.807, 2.05) is 20.8 Å². The fourth-order valence-corrected chi connectivity index (χ4v) is 7.14. The molecule has 48 heavy (non-hydrogen) atoms. The molecule has 0 spiro atoms. The Labute approximate surface area is 282 Å². The predicted molar refractivity (Wildman–Crippen MR) is 177 cm³/mol. The van der Waals surface area contributed by atoms with Crippen molar-refractivity contribution in [2.45, 2.75) is 89.9 Å². The van der Waals surface area contributed by atoms with Crippen LogP contribution < -0.4 is 16.1 Å². The number of hydrogen-bond acceptors (Lipinski definition) is 5. The molecular weight excluding hydrogens is 647 g/mol. The summed E-state index contributed by atoms with van der Waals surface area (Å²) in [5.74, 6) is -1.41. The van der Waals surface area contributed by atoms with Crippen LogP contribution in [0.15, 0.2) is 57.7 Å². The van der Waals surface area contributed by atoms with Gasteiger partial charge in [0.25, 0.3) is 5.91 Å². The molecule has 1 saturated heterocycles. The van der Waals surface area contributed by atoms with E-state index in [2.05, 4.69) is 10.6 Å². The van der Waals surface area contributed by atoms with E-state index in [1.165, 1.54) is 0 Å². The lowest BCUT2D eigenvalue weighted by Gasteiger charge is -2.48. The SMILES string of the molecule is CC(C)(C)NC(=O)C1(C2CCCCC2)CCN(C(=O)[C@@H](Cc2ccc(Cl)cc2)NC(=O)c2cc(=O)c3cc(C(F)(F)F)ccc3o2)CC1. The van der Waals surface area contributed by atoms with Crippen molar-refractivity contribution in [3.8, 4) is 0 Å². The molecule has 2 N–H and O–H groups in total. The van der Waals surface area contributed by atoms with Crippen molar-refractivity contribution < 1.29 is 32.0 Å². The number of amides is 3. The summed E-state index contributed by atoms with van der Waals surface area (Å²) in [6, 6.07) is 9.03. The Morgan fingerprint density at radius 2 is 1.62 bits per heavy atom. The number of piperidine rings is 1. The van der Waals surface area contributed by atoms with E-state index < -0.39 is 45.8 Å². The number of alkyl halides is 3. The van der Waals surface area contributed by atoms with Crippen LogP contribution in [-0.2, 0) is 22.2 Å². The molecule has 0 bridgehead atoms. The van der Waals surface area contributed by atoms with Crippen LogP contribution in [-0.4, -0.2) is 47.3 Å². The fraction of sp³-hybridized carbons (Fsp3) is 0.500. The van der Waals surface area contributed by atoms with Crippen LogP contribution in [0, 0.1) is 11.3 Å². The molecule has 1 aromatic heterocycles. The predicted octanol–water partition coefficient (Wildman–Crippen LogP) is 6.91. The summed E-state index contributed by atoms with van der Waals surface area (Å²) in [7, 11) is 0. The third-order valence-electron chi connectivity index (χ3n) is 9.53. The first-order chi connectivity index (χ1) is 22.6. The van der Waals surface area contributed by atoms with Gasteiger partial charge >= 0.3 is 6.18 Å². The molecule has 8 nitrogen and oxygen atoms in total. The highest BCUT2D eigenvalue weighted by Gasteiger charge is 2.49. The van der Waals surface area contributed by atoms with Crippen molar-refractivity contribution in [2.24, 2.45) is 11.3 Å². The summed E-state index contributed by atoms with van der Waals surface area (Å²) in [6.07, 6.45) is 1.65. The highest BCUT2D eigenvalue weighted by Crippen LogP contribution is 2.46. The molecule has 258 valence electrons. The molecule has 3 amide bonds. The number of rotatable bonds is 7. The monoisotopic (exact) mass is 687 g/mol. The fourth-order valence-electron chi connectivity index (χ4n) is 7.02.